The summed E-state index contributed by atoms with van der Waals surface area (Å²) in [7, 11) is 0. The van der Waals surface area contributed by atoms with E-state index in [4.69, 9.17) is 12.2 Å². The van der Waals surface area contributed by atoms with E-state index < -0.39 is 0 Å². The molecule has 0 fully saturated rings. The first kappa shape index (κ1) is 16.1. The molecule has 0 aliphatic rings. The average Bonchev–Trinajstić information content (AvgIpc) is 2.90. The highest BCUT2D eigenvalue weighted by Crippen LogP contribution is 2.18. The van der Waals surface area contributed by atoms with Gasteiger partial charge in [-0.15, -0.1) is 0 Å². The summed E-state index contributed by atoms with van der Waals surface area (Å²) in [5.74, 6) is 0.936. The summed E-state index contributed by atoms with van der Waals surface area (Å²) in [5, 5.41) is 9.77. The molecule has 7 heteroatoms. The minimum atomic E-state index is -0.210. The van der Waals surface area contributed by atoms with Gasteiger partial charge >= 0.3 is 0 Å². The molecule has 3 rings (SSSR count). The second-order valence-electron chi connectivity index (χ2n) is 5.58. The van der Waals surface area contributed by atoms with Crippen molar-refractivity contribution in [3.8, 4) is 11.4 Å². The number of hydrogen-bond donors (Lipinski definition) is 2. The van der Waals surface area contributed by atoms with E-state index in [0.29, 0.717) is 16.4 Å². The number of nitrogens with one attached hydrogen (secondary N) is 2. The first-order chi connectivity index (χ1) is 11.5. The highest BCUT2D eigenvalue weighted by Gasteiger charge is 2.13. The number of H-pyrrole nitrogens is 1. The standard InChI is InChI=1S/C17H17N5OS/c1-11-4-3-5-13(8-11)16-20-21-17(24)22(16)10-15(23)19-14-7-6-12(2)9-18-14/h3-9H,10H2,1-2H3,(H,21,24)(H,18,19,23). The summed E-state index contributed by atoms with van der Waals surface area (Å²) in [6, 6.07) is 11.6. The highest BCUT2D eigenvalue weighted by molar-refractivity contribution is 7.71. The Labute approximate surface area is 144 Å². The zero-order chi connectivity index (χ0) is 17.1. The molecule has 1 amide bonds. The van der Waals surface area contributed by atoms with Gasteiger partial charge in [-0.3, -0.25) is 14.5 Å². The fourth-order valence-electron chi connectivity index (χ4n) is 2.34. The van der Waals surface area contributed by atoms with Gasteiger partial charge in [0.15, 0.2) is 10.6 Å². The molecule has 2 N–H and O–H groups in total. The Bertz CT molecular complexity index is 927. The largest absolute Gasteiger partial charge is 0.309 e. The van der Waals surface area contributed by atoms with Crippen molar-refractivity contribution in [2.75, 3.05) is 5.32 Å². The van der Waals surface area contributed by atoms with Gasteiger partial charge in [-0.2, -0.15) is 5.10 Å². The van der Waals surface area contributed by atoms with Crippen LogP contribution in [0.3, 0.4) is 0 Å². The van der Waals surface area contributed by atoms with Crippen molar-refractivity contribution in [1.29, 1.82) is 0 Å². The second-order valence-corrected chi connectivity index (χ2v) is 5.96. The van der Waals surface area contributed by atoms with E-state index in [1.54, 1.807) is 16.8 Å². The molecular weight excluding hydrogens is 322 g/mol. The van der Waals surface area contributed by atoms with Crippen molar-refractivity contribution in [2.45, 2.75) is 20.4 Å². The number of carbonyl (C=O) groups is 1. The summed E-state index contributed by atoms with van der Waals surface area (Å²) < 4.78 is 2.08. The van der Waals surface area contributed by atoms with Crippen molar-refractivity contribution < 1.29 is 4.79 Å². The summed E-state index contributed by atoms with van der Waals surface area (Å²) in [4.78, 5) is 16.5. The molecule has 2 heterocycles. The fourth-order valence-corrected chi connectivity index (χ4v) is 2.53. The Morgan fingerprint density at radius 3 is 2.79 bits per heavy atom. The molecule has 122 valence electrons. The quantitative estimate of drug-likeness (QED) is 0.716. The van der Waals surface area contributed by atoms with Crippen molar-refractivity contribution >= 4 is 23.9 Å². The maximum absolute atomic E-state index is 12.3. The van der Waals surface area contributed by atoms with Crippen LogP contribution < -0.4 is 5.32 Å². The van der Waals surface area contributed by atoms with Gasteiger partial charge in [-0.25, -0.2) is 4.98 Å². The van der Waals surface area contributed by atoms with E-state index in [-0.39, 0.29) is 12.5 Å². The van der Waals surface area contributed by atoms with E-state index in [1.165, 1.54) is 0 Å². The minimum Gasteiger partial charge on any atom is -0.309 e. The predicted molar refractivity (Wildman–Crippen MR) is 95.2 cm³/mol. The Morgan fingerprint density at radius 1 is 1.25 bits per heavy atom. The van der Waals surface area contributed by atoms with E-state index in [1.807, 2.05) is 44.2 Å². The lowest BCUT2D eigenvalue weighted by Crippen LogP contribution is -2.20. The molecule has 0 saturated heterocycles. The molecule has 1 aromatic carbocycles. The van der Waals surface area contributed by atoms with Crippen molar-refractivity contribution in [3.63, 3.8) is 0 Å². The van der Waals surface area contributed by atoms with Crippen LogP contribution >= 0.6 is 12.2 Å². The maximum atomic E-state index is 12.3. The van der Waals surface area contributed by atoms with Gasteiger partial charge < -0.3 is 5.32 Å². The SMILES string of the molecule is Cc1ccc(NC(=O)Cn2c(-c3cccc(C)c3)n[nH]c2=S)nc1. The third-order valence-corrected chi connectivity index (χ3v) is 3.83. The summed E-state index contributed by atoms with van der Waals surface area (Å²) in [5.41, 5.74) is 3.05. The first-order valence-electron chi connectivity index (χ1n) is 7.47. The summed E-state index contributed by atoms with van der Waals surface area (Å²) >= 11 is 5.26. The smallest absolute Gasteiger partial charge is 0.245 e. The van der Waals surface area contributed by atoms with Gasteiger partial charge in [0.05, 0.1) is 0 Å². The number of nitrogens with zero attached hydrogens (tertiary/aromatic N) is 3. The van der Waals surface area contributed by atoms with Gasteiger partial charge in [0.2, 0.25) is 5.91 Å². The van der Waals surface area contributed by atoms with Crippen LogP contribution in [0.5, 0.6) is 0 Å². The molecule has 0 bridgehead atoms. The molecule has 0 aliphatic heterocycles. The van der Waals surface area contributed by atoms with Gasteiger partial charge in [0.25, 0.3) is 0 Å². The van der Waals surface area contributed by atoms with Crippen molar-refractivity contribution in [3.05, 3.63) is 58.5 Å². The average molecular weight is 339 g/mol. The molecule has 6 nitrogen and oxygen atoms in total. The third kappa shape index (κ3) is 3.57. The second kappa shape index (κ2) is 6.76. The number of aromatic nitrogens is 4. The Kier molecular flexibility index (Phi) is 4.52. The fraction of sp³-hybridized carbons (Fsp3) is 0.176. The monoisotopic (exact) mass is 339 g/mol. The number of pyridine rings is 1. The van der Waals surface area contributed by atoms with Gasteiger partial charge in [-0.1, -0.05) is 29.8 Å². The zero-order valence-corrected chi connectivity index (χ0v) is 14.2. The van der Waals surface area contributed by atoms with Crippen LogP contribution in [0.4, 0.5) is 5.82 Å². The molecule has 0 unspecified atom stereocenters. The molecule has 0 atom stereocenters. The lowest BCUT2D eigenvalue weighted by molar-refractivity contribution is -0.116. The maximum Gasteiger partial charge on any atom is 0.245 e. The van der Waals surface area contributed by atoms with Gasteiger partial charge in [0.1, 0.15) is 12.4 Å². The predicted octanol–water partition coefficient (Wildman–Crippen LogP) is 3.26. The van der Waals surface area contributed by atoms with Crippen LogP contribution in [0.2, 0.25) is 0 Å². The third-order valence-electron chi connectivity index (χ3n) is 3.52. The van der Waals surface area contributed by atoms with E-state index in [2.05, 4.69) is 20.5 Å². The van der Waals surface area contributed by atoms with Crippen LogP contribution in [0.1, 0.15) is 11.1 Å². The molecule has 3 aromatic rings. The minimum absolute atomic E-state index is 0.0637. The molecule has 24 heavy (non-hydrogen) atoms. The van der Waals surface area contributed by atoms with Crippen LogP contribution in [-0.4, -0.2) is 25.7 Å². The number of rotatable bonds is 4. The van der Waals surface area contributed by atoms with Crippen LogP contribution in [0.25, 0.3) is 11.4 Å². The van der Waals surface area contributed by atoms with Crippen LogP contribution in [0, 0.1) is 18.6 Å². The zero-order valence-electron chi connectivity index (χ0n) is 13.4. The molecule has 0 radical (unpaired) electrons. The van der Waals surface area contributed by atoms with Gasteiger partial charge in [0, 0.05) is 11.8 Å². The lowest BCUT2D eigenvalue weighted by atomic mass is 10.1. The number of aryl methyl sites for hydroxylation is 2. The summed E-state index contributed by atoms with van der Waals surface area (Å²) in [6.45, 7) is 4.01. The molecular formula is C17H17N5OS. The molecule has 0 aliphatic carbocycles. The Morgan fingerprint density at radius 2 is 2.08 bits per heavy atom. The number of hydrogen-bond acceptors (Lipinski definition) is 4. The van der Waals surface area contributed by atoms with Crippen LogP contribution in [-0.2, 0) is 11.3 Å². The van der Waals surface area contributed by atoms with E-state index in [9.17, 15) is 4.79 Å². The number of carbonyl (C=O) groups excluding carboxylic acids is 1. The summed E-state index contributed by atoms with van der Waals surface area (Å²) in [6.07, 6.45) is 1.71. The normalized spacial score (nSPS) is 10.6. The first-order valence-corrected chi connectivity index (χ1v) is 7.88. The highest BCUT2D eigenvalue weighted by atomic mass is 32.1. The lowest BCUT2D eigenvalue weighted by Gasteiger charge is -2.08. The van der Waals surface area contributed by atoms with E-state index >= 15 is 0 Å². The van der Waals surface area contributed by atoms with E-state index in [0.717, 1.165) is 16.7 Å². The molecule has 2 aromatic heterocycles. The number of aromatic amines is 1. The van der Waals surface area contributed by atoms with Crippen molar-refractivity contribution in [1.82, 2.24) is 19.7 Å². The Balaban J connectivity index is 1.82. The molecule has 0 spiro atoms. The van der Waals surface area contributed by atoms with Gasteiger partial charge in [-0.05, 0) is 43.8 Å². The number of amides is 1. The number of benzene rings is 1. The topological polar surface area (TPSA) is 75.6 Å². The Hall–Kier alpha value is -2.80. The molecule has 0 saturated carbocycles. The van der Waals surface area contributed by atoms with Crippen LogP contribution in [0.15, 0.2) is 42.6 Å². The number of anilines is 1. The van der Waals surface area contributed by atoms with Crippen molar-refractivity contribution in [2.24, 2.45) is 0 Å².